The topological polar surface area (TPSA) is 52.9 Å². The van der Waals surface area contributed by atoms with Crippen LogP contribution in [0, 0.1) is 11.3 Å². The fourth-order valence-corrected chi connectivity index (χ4v) is 1.96. The Balaban J connectivity index is 2.01. The molecule has 0 unspecified atom stereocenters. The van der Waals surface area contributed by atoms with Crippen LogP contribution in [0.25, 0.3) is 0 Å². The zero-order valence-corrected chi connectivity index (χ0v) is 11.9. The lowest BCUT2D eigenvalue weighted by Crippen LogP contribution is -2.14. The van der Waals surface area contributed by atoms with Gasteiger partial charge in [-0.25, -0.2) is 0 Å². The zero-order valence-electron chi connectivity index (χ0n) is 10.4. The average Bonchev–Trinajstić information content (AvgIpc) is 2.44. The first-order valence-corrected chi connectivity index (χ1v) is 6.58. The second-order valence-corrected chi connectivity index (χ2v) is 4.98. The molecule has 2 aromatic rings. The van der Waals surface area contributed by atoms with Crippen molar-refractivity contribution in [2.24, 2.45) is 0 Å². The van der Waals surface area contributed by atoms with E-state index in [-0.39, 0.29) is 12.3 Å². The summed E-state index contributed by atoms with van der Waals surface area (Å²) in [6, 6.07) is 13.8. The van der Waals surface area contributed by atoms with Crippen LogP contribution in [0.2, 0.25) is 10.0 Å². The van der Waals surface area contributed by atoms with Crippen LogP contribution < -0.4 is 5.32 Å². The molecule has 3 nitrogen and oxygen atoms in total. The van der Waals surface area contributed by atoms with E-state index in [1.807, 2.05) is 6.07 Å². The number of anilines is 1. The summed E-state index contributed by atoms with van der Waals surface area (Å²) in [5.41, 5.74) is 2.00. The number of amides is 1. The number of rotatable bonds is 3. The Morgan fingerprint density at radius 3 is 2.40 bits per heavy atom. The number of hydrogen-bond acceptors (Lipinski definition) is 2. The molecule has 0 aromatic heterocycles. The van der Waals surface area contributed by atoms with E-state index >= 15 is 0 Å². The number of nitrogens with zero attached hydrogens (tertiary/aromatic N) is 1. The molecule has 0 aliphatic heterocycles. The smallest absolute Gasteiger partial charge is 0.228 e. The number of carbonyl (C=O) groups excluding carboxylic acids is 1. The summed E-state index contributed by atoms with van der Waals surface area (Å²) in [7, 11) is 0. The van der Waals surface area contributed by atoms with Gasteiger partial charge in [-0.3, -0.25) is 4.79 Å². The monoisotopic (exact) mass is 304 g/mol. The lowest BCUT2D eigenvalue weighted by Gasteiger charge is -2.06. The molecule has 0 atom stereocenters. The second kappa shape index (κ2) is 6.42. The van der Waals surface area contributed by atoms with Crippen molar-refractivity contribution in [3.8, 4) is 6.07 Å². The van der Waals surface area contributed by atoms with E-state index in [1.165, 1.54) is 0 Å². The van der Waals surface area contributed by atoms with E-state index in [0.717, 1.165) is 5.56 Å². The van der Waals surface area contributed by atoms with Gasteiger partial charge in [0.1, 0.15) is 0 Å². The highest BCUT2D eigenvalue weighted by atomic mass is 35.5. The van der Waals surface area contributed by atoms with Crippen molar-refractivity contribution in [3.05, 3.63) is 63.6 Å². The molecule has 0 bridgehead atoms. The van der Waals surface area contributed by atoms with Crippen LogP contribution in [-0.4, -0.2) is 5.91 Å². The number of nitrogens with one attached hydrogen (secondary N) is 1. The van der Waals surface area contributed by atoms with Gasteiger partial charge in [-0.05, 0) is 35.9 Å². The molecule has 5 heteroatoms. The molecule has 2 aromatic carbocycles. The molecule has 0 fully saturated rings. The Labute approximate surface area is 126 Å². The third-order valence-electron chi connectivity index (χ3n) is 2.65. The van der Waals surface area contributed by atoms with Crippen molar-refractivity contribution < 1.29 is 4.79 Å². The number of carbonyl (C=O) groups is 1. The fraction of sp³-hybridized carbons (Fsp3) is 0.0667. The zero-order chi connectivity index (χ0) is 14.5. The van der Waals surface area contributed by atoms with E-state index in [0.29, 0.717) is 21.3 Å². The SMILES string of the molecule is N#Cc1ccc(CC(=O)Nc2ccc(Cl)c(Cl)c2)cc1. The minimum atomic E-state index is -0.159. The van der Waals surface area contributed by atoms with E-state index in [4.69, 9.17) is 28.5 Å². The Morgan fingerprint density at radius 2 is 1.80 bits per heavy atom. The predicted octanol–water partition coefficient (Wildman–Crippen LogP) is 4.05. The summed E-state index contributed by atoms with van der Waals surface area (Å²) in [5.74, 6) is -0.159. The maximum absolute atomic E-state index is 11.9. The second-order valence-electron chi connectivity index (χ2n) is 4.16. The lowest BCUT2D eigenvalue weighted by atomic mass is 10.1. The largest absolute Gasteiger partial charge is 0.326 e. The third-order valence-corrected chi connectivity index (χ3v) is 3.39. The molecule has 0 saturated carbocycles. The van der Waals surface area contributed by atoms with E-state index in [1.54, 1.807) is 42.5 Å². The Hall–Kier alpha value is -2.02. The first kappa shape index (κ1) is 14.4. The van der Waals surface area contributed by atoms with Gasteiger partial charge in [0.05, 0.1) is 28.1 Å². The van der Waals surface area contributed by atoms with Gasteiger partial charge < -0.3 is 5.32 Å². The summed E-state index contributed by atoms with van der Waals surface area (Å²) in [6.07, 6.45) is 0.228. The minimum Gasteiger partial charge on any atom is -0.326 e. The van der Waals surface area contributed by atoms with Gasteiger partial charge in [0.25, 0.3) is 0 Å². The molecule has 0 radical (unpaired) electrons. The van der Waals surface area contributed by atoms with Crippen molar-refractivity contribution in [1.29, 1.82) is 5.26 Å². The molecule has 2 rings (SSSR count). The molecule has 1 amide bonds. The van der Waals surface area contributed by atoms with Gasteiger partial charge in [0.15, 0.2) is 0 Å². The highest BCUT2D eigenvalue weighted by Crippen LogP contribution is 2.25. The standard InChI is InChI=1S/C15H10Cl2N2O/c16-13-6-5-12(8-14(13)17)19-15(20)7-10-1-3-11(9-18)4-2-10/h1-6,8H,7H2,(H,19,20). The van der Waals surface area contributed by atoms with E-state index in [9.17, 15) is 4.79 Å². The molecule has 1 N–H and O–H groups in total. The van der Waals surface area contributed by atoms with Crippen LogP contribution in [-0.2, 0) is 11.2 Å². The first-order chi connectivity index (χ1) is 9.58. The van der Waals surface area contributed by atoms with Crippen LogP contribution in [0.5, 0.6) is 0 Å². The van der Waals surface area contributed by atoms with Gasteiger partial charge in [-0.1, -0.05) is 35.3 Å². The number of halogens is 2. The molecule has 0 aliphatic rings. The normalized spacial score (nSPS) is 9.85. The summed E-state index contributed by atoms with van der Waals surface area (Å²) < 4.78 is 0. The van der Waals surface area contributed by atoms with Crippen LogP contribution in [0.4, 0.5) is 5.69 Å². The number of nitriles is 1. The summed E-state index contributed by atoms with van der Waals surface area (Å²) in [4.78, 5) is 11.9. The van der Waals surface area contributed by atoms with Crippen molar-refractivity contribution in [1.82, 2.24) is 0 Å². The van der Waals surface area contributed by atoms with Crippen molar-refractivity contribution in [3.63, 3.8) is 0 Å². The highest BCUT2D eigenvalue weighted by molar-refractivity contribution is 6.42. The minimum absolute atomic E-state index is 0.159. The van der Waals surface area contributed by atoms with Crippen LogP contribution in [0.1, 0.15) is 11.1 Å². The van der Waals surface area contributed by atoms with E-state index < -0.39 is 0 Å². The lowest BCUT2D eigenvalue weighted by molar-refractivity contribution is -0.115. The summed E-state index contributed by atoms with van der Waals surface area (Å²) in [5, 5.41) is 12.3. The van der Waals surface area contributed by atoms with Crippen LogP contribution >= 0.6 is 23.2 Å². The quantitative estimate of drug-likeness (QED) is 0.930. The Bertz CT molecular complexity index is 675. The van der Waals surface area contributed by atoms with Crippen molar-refractivity contribution >= 4 is 34.8 Å². The fourth-order valence-electron chi connectivity index (χ4n) is 1.66. The maximum Gasteiger partial charge on any atom is 0.228 e. The molecular weight excluding hydrogens is 295 g/mol. The molecule has 20 heavy (non-hydrogen) atoms. The molecule has 100 valence electrons. The Kier molecular flexibility index (Phi) is 4.62. The third kappa shape index (κ3) is 3.74. The van der Waals surface area contributed by atoms with E-state index in [2.05, 4.69) is 5.32 Å². The van der Waals surface area contributed by atoms with Crippen molar-refractivity contribution in [2.75, 3.05) is 5.32 Å². The number of hydrogen-bond donors (Lipinski definition) is 1. The summed E-state index contributed by atoms with van der Waals surface area (Å²) >= 11 is 11.7. The molecule has 0 aliphatic carbocycles. The molecule has 0 heterocycles. The van der Waals surface area contributed by atoms with Gasteiger partial charge in [0, 0.05) is 5.69 Å². The molecular formula is C15H10Cl2N2O. The van der Waals surface area contributed by atoms with Gasteiger partial charge in [-0.15, -0.1) is 0 Å². The summed E-state index contributed by atoms with van der Waals surface area (Å²) in [6.45, 7) is 0. The Morgan fingerprint density at radius 1 is 1.10 bits per heavy atom. The van der Waals surface area contributed by atoms with Crippen LogP contribution in [0.15, 0.2) is 42.5 Å². The molecule has 0 saturated heterocycles. The van der Waals surface area contributed by atoms with Crippen molar-refractivity contribution in [2.45, 2.75) is 6.42 Å². The predicted molar refractivity (Wildman–Crippen MR) is 80.0 cm³/mol. The highest BCUT2D eigenvalue weighted by Gasteiger charge is 2.06. The van der Waals surface area contributed by atoms with Gasteiger partial charge in [0.2, 0.25) is 5.91 Å². The maximum atomic E-state index is 11.9. The van der Waals surface area contributed by atoms with Crippen LogP contribution in [0.3, 0.4) is 0 Å². The molecule has 0 spiro atoms. The van der Waals surface area contributed by atoms with Gasteiger partial charge >= 0.3 is 0 Å². The number of benzene rings is 2. The van der Waals surface area contributed by atoms with Gasteiger partial charge in [-0.2, -0.15) is 5.26 Å². The average molecular weight is 305 g/mol. The first-order valence-electron chi connectivity index (χ1n) is 5.82.